The smallest absolute Gasteiger partial charge is 0.381 e. The zero-order valence-electron chi connectivity index (χ0n) is 4.50. The first-order chi connectivity index (χ1) is 4.11. The Labute approximate surface area is 50.6 Å². The average molecular weight is 136 g/mol. The number of hydrogen-bond donors (Lipinski definition) is 1. The number of nitrogens with one attached hydrogen (secondary N) is 1. The summed E-state index contributed by atoms with van der Waals surface area (Å²) in [6, 6.07) is 0. The minimum atomic E-state index is -4.20. The van der Waals surface area contributed by atoms with Gasteiger partial charge in [0.05, 0.1) is 0 Å². The standard InChI is InChI=1S/C5H5F3N/c6-5(7,8)4-2-1-3-9-4/h1-2,9H,3H2. The van der Waals surface area contributed by atoms with Crippen molar-refractivity contribution in [3.63, 3.8) is 0 Å². The zero-order chi connectivity index (χ0) is 6.91. The quantitative estimate of drug-likeness (QED) is 0.528. The number of hydrogen-bond acceptors (Lipinski definition) is 1. The fraction of sp³-hybridized carbons (Fsp3) is 0.400. The molecule has 0 aromatic heterocycles. The second kappa shape index (κ2) is 1.93. The minimum absolute atomic E-state index is 0.287. The van der Waals surface area contributed by atoms with Crippen LogP contribution in [0.15, 0.2) is 11.8 Å². The van der Waals surface area contributed by atoms with Crippen molar-refractivity contribution in [2.24, 2.45) is 0 Å². The van der Waals surface area contributed by atoms with Gasteiger partial charge in [-0.2, -0.15) is 13.2 Å². The number of alkyl halides is 3. The van der Waals surface area contributed by atoms with Gasteiger partial charge in [-0.05, 0) is 0 Å². The molecule has 9 heavy (non-hydrogen) atoms. The van der Waals surface area contributed by atoms with Crippen molar-refractivity contribution < 1.29 is 13.2 Å². The zero-order valence-corrected chi connectivity index (χ0v) is 4.50. The third kappa shape index (κ3) is 1.37. The lowest BCUT2D eigenvalue weighted by molar-refractivity contribution is -0.0955. The topological polar surface area (TPSA) is 12.0 Å². The molecule has 0 unspecified atom stereocenters. The van der Waals surface area contributed by atoms with Gasteiger partial charge in [0.15, 0.2) is 0 Å². The SMILES string of the molecule is FC(F)(F)C1=C[CH]CN1. The molecule has 0 aromatic rings. The first-order valence-corrected chi connectivity index (χ1v) is 2.45. The molecule has 0 aliphatic carbocycles. The van der Waals surface area contributed by atoms with E-state index in [2.05, 4.69) is 5.32 Å². The van der Waals surface area contributed by atoms with Crippen molar-refractivity contribution in [1.82, 2.24) is 5.32 Å². The van der Waals surface area contributed by atoms with Gasteiger partial charge >= 0.3 is 6.18 Å². The van der Waals surface area contributed by atoms with Crippen LogP contribution in [0.3, 0.4) is 0 Å². The Kier molecular flexibility index (Phi) is 1.38. The lowest BCUT2D eigenvalue weighted by Gasteiger charge is -2.06. The largest absolute Gasteiger partial charge is 0.430 e. The highest BCUT2D eigenvalue weighted by atomic mass is 19.4. The van der Waals surface area contributed by atoms with Gasteiger partial charge in [0.25, 0.3) is 0 Å². The Morgan fingerprint density at radius 3 is 2.33 bits per heavy atom. The van der Waals surface area contributed by atoms with Gasteiger partial charge in [-0.1, -0.05) is 6.08 Å². The van der Waals surface area contributed by atoms with E-state index in [1.807, 2.05) is 0 Å². The highest BCUT2D eigenvalue weighted by molar-refractivity contribution is 5.18. The van der Waals surface area contributed by atoms with Crippen LogP contribution < -0.4 is 5.32 Å². The summed E-state index contributed by atoms with van der Waals surface area (Å²) in [4.78, 5) is 0. The maximum absolute atomic E-state index is 11.6. The molecule has 51 valence electrons. The predicted molar refractivity (Wildman–Crippen MR) is 26.4 cm³/mol. The summed E-state index contributed by atoms with van der Waals surface area (Å²) in [5.41, 5.74) is -0.650. The molecule has 1 aliphatic rings. The Balaban J connectivity index is 2.61. The molecule has 0 saturated carbocycles. The maximum Gasteiger partial charge on any atom is 0.430 e. The van der Waals surface area contributed by atoms with E-state index in [4.69, 9.17) is 0 Å². The molecule has 1 rings (SSSR count). The molecule has 1 heterocycles. The Morgan fingerprint density at radius 2 is 2.11 bits per heavy atom. The first kappa shape index (κ1) is 6.45. The van der Waals surface area contributed by atoms with Crippen LogP contribution in [0.2, 0.25) is 0 Å². The van der Waals surface area contributed by atoms with E-state index >= 15 is 0 Å². The normalized spacial score (nSPS) is 19.2. The first-order valence-electron chi connectivity index (χ1n) is 2.45. The Hall–Kier alpha value is -0.670. The summed E-state index contributed by atoms with van der Waals surface area (Å²) in [7, 11) is 0. The molecular weight excluding hydrogens is 131 g/mol. The second-order valence-corrected chi connectivity index (χ2v) is 1.69. The van der Waals surface area contributed by atoms with Crippen molar-refractivity contribution in [3.05, 3.63) is 18.2 Å². The van der Waals surface area contributed by atoms with Crippen LogP contribution in [-0.2, 0) is 0 Å². The summed E-state index contributed by atoms with van der Waals surface area (Å²) in [5, 5.41) is 2.18. The molecule has 0 spiro atoms. The molecule has 0 amide bonds. The van der Waals surface area contributed by atoms with Gasteiger partial charge in [-0.3, -0.25) is 0 Å². The molecule has 0 atom stereocenters. The van der Waals surface area contributed by atoms with E-state index in [1.54, 1.807) is 0 Å². The van der Waals surface area contributed by atoms with Crippen LogP contribution in [0.4, 0.5) is 13.2 Å². The van der Waals surface area contributed by atoms with E-state index in [0.717, 1.165) is 6.08 Å². The number of halogens is 3. The maximum atomic E-state index is 11.6. The summed E-state index contributed by atoms with van der Waals surface area (Å²) in [6.07, 6.45) is -1.73. The van der Waals surface area contributed by atoms with Crippen LogP contribution in [0, 0.1) is 6.42 Å². The van der Waals surface area contributed by atoms with Gasteiger partial charge < -0.3 is 5.32 Å². The fourth-order valence-electron chi connectivity index (χ4n) is 0.599. The van der Waals surface area contributed by atoms with Crippen molar-refractivity contribution in [2.75, 3.05) is 6.54 Å². The van der Waals surface area contributed by atoms with Crippen molar-refractivity contribution >= 4 is 0 Å². The summed E-state index contributed by atoms with van der Waals surface area (Å²) >= 11 is 0. The van der Waals surface area contributed by atoms with E-state index in [1.165, 1.54) is 6.42 Å². The van der Waals surface area contributed by atoms with E-state index < -0.39 is 11.9 Å². The van der Waals surface area contributed by atoms with Gasteiger partial charge in [0.1, 0.15) is 5.70 Å². The number of allylic oxidation sites excluding steroid dienone is 1. The average Bonchev–Trinajstić information content (AvgIpc) is 2.08. The molecule has 0 aromatic carbocycles. The Bertz CT molecular complexity index is 136. The molecule has 0 bridgehead atoms. The van der Waals surface area contributed by atoms with Gasteiger partial charge in [0, 0.05) is 13.0 Å². The summed E-state index contributed by atoms with van der Waals surface area (Å²) < 4.78 is 34.8. The molecule has 1 N–H and O–H groups in total. The van der Waals surface area contributed by atoms with Crippen LogP contribution in [0.1, 0.15) is 0 Å². The van der Waals surface area contributed by atoms with Crippen LogP contribution >= 0.6 is 0 Å². The van der Waals surface area contributed by atoms with E-state index in [0.29, 0.717) is 0 Å². The lowest BCUT2D eigenvalue weighted by Crippen LogP contribution is -2.22. The van der Waals surface area contributed by atoms with E-state index in [9.17, 15) is 13.2 Å². The molecule has 1 nitrogen and oxygen atoms in total. The highest BCUT2D eigenvalue weighted by Crippen LogP contribution is 2.25. The molecule has 1 radical (unpaired) electrons. The lowest BCUT2D eigenvalue weighted by atomic mass is 10.4. The van der Waals surface area contributed by atoms with E-state index in [-0.39, 0.29) is 6.54 Å². The molecule has 0 fully saturated rings. The van der Waals surface area contributed by atoms with Crippen LogP contribution in [0.5, 0.6) is 0 Å². The van der Waals surface area contributed by atoms with Gasteiger partial charge in [-0.25, -0.2) is 0 Å². The third-order valence-corrected chi connectivity index (χ3v) is 1.00. The molecule has 0 saturated heterocycles. The third-order valence-electron chi connectivity index (χ3n) is 1.00. The van der Waals surface area contributed by atoms with Crippen molar-refractivity contribution in [3.8, 4) is 0 Å². The van der Waals surface area contributed by atoms with Gasteiger partial charge in [0.2, 0.25) is 0 Å². The van der Waals surface area contributed by atoms with Crippen molar-refractivity contribution in [2.45, 2.75) is 6.18 Å². The highest BCUT2D eigenvalue weighted by Gasteiger charge is 2.34. The monoisotopic (exact) mass is 136 g/mol. The fourth-order valence-corrected chi connectivity index (χ4v) is 0.599. The molecule has 4 heteroatoms. The summed E-state index contributed by atoms with van der Waals surface area (Å²) in [6.45, 7) is 0.287. The van der Waals surface area contributed by atoms with Crippen LogP contribution in [-0.4, -0.2) is 12.7 Å². The minimum Gasteiger partial charge on any atom is -0.381 e. The summed E-state index contributed by atoms with van der Waals surface area (Å²) in [5.74, 6) is 0. The Morgan fingerprint density at radius 1 is 1.44 bits per heavy atom. The second-order valence-electron chi connectivity index (χ2n) is 1.69. The number of rotatable bonds is 0. The molecule has 1 aliphatic heterocycles. The van der Waals surface area contributed by atoms with Gasteiger partial charge in [-0.15, -0.1) is 0 Å². The predicted octanol–water partition coefficient (Wildman–Crippen LogP) is 1.24. The van der Waals surface area contributed by atoms with Crippen molar-refractivity contribution in [1.29, 1.82) is 0 Å². The molecular formula is C5H5F3N. The van der Waals surface area contributed by atoms with Crippen LogP contribution in [0.25, 0.3) is 0 Å².